The molecule has 124 valence electrons. The molecule has 1 aromatic carbocycles. The molecule has 7 nitrogen and oxygen atoms in total. The zero-order valence-corrected chi connectivity index (χ0v) is 12.9. The molecule has 2 rings (SSSR count). The second-order valence-corrected chi connectivity index (χ2v) is 5.40. The first-order valence-electron chi connectivity index (χ1n) is 7.44. The number of hydrogen-bond acceptors (Lipinski definition) is 4. The van der Waals surface area contributed by atoms with Gasteiger partial charge in [0.05, 0.1) is 20.1 Å². The summed E-state index contributed by atoms with van der Waals surface area (Å²) < 4.78 is 5.05. The summed E-state index contributed by atoms with van der Waals surface area (Å²) in [6.45, 7) is 0.387. The molecule has 0 saturated carbocycles. The number of hydrogen-bond donors (Lipinski definition) is 2. The molecule has 23 heavy (non-hydrogen) atoms. The zero-order chi connectivity index (χ0) is 16.8. The number of carboxylic acids is 1. The lowest BCUT2D eigenvalue weighted by atomic mass is 10.1. The molecule has 1 fully saturated rings. The first-order chi connectivity index (χ1) is 11.0. The Balaban J connectivity index is 1.90. The fourth-order valence-corrected chi connectivity index (χ4v) is 2.70. The van der Waals surface area contributed by atoms with Crippen molar-refractivity contribution in [3.05, 3.63) is 29.8 Å². The summed E-state index contributed by atoms with van der Waals surface area (Å²) in [6, 6.07) is 6.35. The van der Waals surface area contributed by atoms with Gasteiger partial charge < -0.3 is 20.1 Å². The van der Waals surface area contributed by atoms with Gasteiger partial charge in [-0.2, -0.15) is 0 Å². The first kappa shape index (κ1) is 16.8. The summed E-state index contributed by atoms with van der Waals surface area (Å²) in [5.74, 6) is -0.989. The zero-order valence-electron chi connectivity index (χ0n) is 12.9. The first-order valence-corrected chi connectivity index (χ1v) is 7.44. The highest BCUT2D eigenvalue weighted by Gasteiger charge is 2.30. The highest BCUT2D eigenvalue weighted by molar-refractivity contribution is 5.96. The molecular weight excluding hydrogens is 300 g/mol. The second kappa shape index (κ2) is 7.62. The minimum Gasteiger partial charge on any atom is -0.497 e. The highest BCUT2D eigenvalue weighted by Crippen LogP contribution is 2.20. The Bertz CT molecular complexity index is 602. The van der Waals surface area contributed by atoms with Crippen LogP contribution in [-0.2, 0) is 9.59 Å². The van der Waals surface area contributed by atoms with Gasteiger partial charge >= 0.3 is 5.97 Å². The van der Waals surface area contributed by atoms with E-state index in [2.05, 4.69) is 5.32 Å². The van der Waals surface area contributed by atoms with Crippen LogP contribution >= 0.6 is 0 Å². The Morgan fingerprint density at radius 3 is 2.87 bits per heavy atom. The van der Waals surface area contributed by atoms with Crippen LogP contribution in [0.3, 0.4) is 0 Å². The van der Waals surface area contributed by atoms with E-state index in [9.17, 15) is 14.4 Å². The van der Waals surface area contributed by atoms with Gasteiger partial charge in [-0.3, -0.25) is 14.4 Å². The highest BCUT2D eigenvalue weighted by atomic mass is 16.5. The fraction of sp³-hybridized carbons (Fsp3) is 0.438. The van der Waals surface area contributed by atoms with E-state index in [4.69, 9.17) is 9.84 Å². The van der Waals surface area contributed by atoms with Crippen LogP contribution in [0.4, 0.5) is 0 Å². The maximum absolute atomic E-state index is 12.2. The van der Waals surface area contributed by atoms with Gasteiger partial charge in [-0.1, -0.05) is 6.07 Å². The summed E-state index contributed by atoms with van der Waals surface area (Å²) in [4.78, 5) is 36.6. The van der Waals surface area contributed by atoms with E-state index in [1.165, 1.54) is 7.11 Å². The van der Waals surface area contributed by atoms with Crippen LogP contribution < -0.4 is 10.1 Å². The summed E-state index contributed by atoms with van der Waals surface area (Å²) >= 11 is 0. The Labute approximate surface area is 134 Å². The van der Waals surface area contributed by atoms with Crippen molar-refractivity contribution >= 4 is 17.8 Å². The number of aliphatic carboxylic acids is 1. The van der Waals surface area contributed by atoms with Crippen molar-refractivity contribution in [1.29, 1.82) is 0 Å². The van der Waals surface area contributed by atoms with Gasteiger partial charge in [0.25, 0.3) is 5.91 Å². The molecule has 1 unspecified atom stereocenters. The van der Waals surface area contributed by atoms with E-state index in [1.807, 2.05) is 0 Å². The molecule has 0 radical (unpaired) electrons. The number of carbonyl (C=O) groups is 3. The molecule has 0 bridgehead atoms. The lowest BCUT2D eigenvalue weighted by Crippen LogP contribution is -2.43. The minimum absolute atomic E-state index is 0.0599. The molecule has 7 heteroatoms. The van der Waals surface area contributed by atoms with Crippen molar-refractivity contribution in [3.8, 4) is 5.75 Å². The molecule has 0 spiro atoms. The molecule has 0 aliphatic carbocycles. The van der Waals surface area contributed by atoms with E-state index in [1.54, 1.807) is 29.2 Å². The van der Waals surface area contributed by atoms with E-state index in [-0.39, 0.29) is 30.8 Å². The van der Waals surface area contributed by atoms with Crippen LogP contribution in [0.25, 0.3) is 0 Å². The molecule has 1 saturated heterocycles. The molecule has 2 N–H and O–H groups in total. The van der Waals surface area contributed by atoms with E-state index in [0.717, 1.165) is 6.42 Å². The van der Waals surface area contributed by atoms with Crippen LogP contribution in [0, 0.1) is 0 Å². The Hall–Kier alpha value is -2.57. The van der Waals surface area contributed by atoms with E-state index < -0.39 is 5.97 Å². The number of ether oxygens (including phenoxy) is 1. The number of carboxylic acid groups (broad SMARTS) is 1. The quantitative estimate of drug-likeness (QED) is 0.811. The largest absolute Gasteiger partial charge is 0.497 e. The lowest BCUT2D eigenvalue weighted by molar-refractivity contribution is -0.139. The number of methoxy groups -OCH3 is 1. The van der Waals surface area contributed by atoms with Crippen molar-refractivity contribution in [2.24, 2.45) is 0 Å². The predicted octanol–water partition coefficient (Wildman–Crippen LogP) is 0.891. The van der Waals surface area contributed by atoms with Gasteiger partial charge in [0.15, 0.2) is 0 Å². The van der Waals surface area contributed by atoms with Gasteiger partial charge in [-0.25, -0.2) is 0 Å². The topological polar surface area (TPSA) is 95.9 Å². The Morgan fingerprint density at radius 1 is 1.39 bits per heavy atom. The van der Waals surface area contributed by atoms with Gasteiger partial charge in [-0.15, -0.1) is 0 Å². The number of amides is 2. The van der Waals surface area contributed by atoms with Crippen LogP contribution in [0.5, 0.6) is 5.75 Å². The minimum atomic E-state index is -0.921. The van der Waals surface area contributed by atoms with Crippen molar-refractivity contribution < 1.29 is 24.2 Å². The molecule has 1 aromatic rings. The Morgan fingerprint density at radius 2 is 2.17 bits per heavy atom. The van der Waals surface area contributed by atoms with Crippen LogP contribution in [0.2, 0.25) is 0 Å². The summed E-state index contributed by atoms with van der Waals surface area (Å²) in [6.07, 6.45) is 1.41. The normalized spacial score (nSPS) is 16.9. The monoisotopic (exact) mass is 320 g/mol. The van der Waals surface area contributed by atoms with Crippen molar-refractivity contribution in [2.75, 3.05) is 20.2 Å². The molecule has 1 aliphatic rings. The van der Waals surface area contributed by atoms with Crippen LogP contribution in [-0.4, -0.2) is 54.0 Å². The average molecular weight is 320 g/mol. The van der Waals surface area contributed by atoms with Crippen LogP contribution in [0.1, 0.15) is 29.6 Å². The number of benzene rings is 1. The molecule has 0 aromatic heterocycles. The standard InChI is InChI=1S/C16H20N2O5/c1-23-13-6-2-4-11(8-13)16(22)17-10-14(19)18-7-3-5-12(18)9-15(20)21/h2,4,6,8,12H,3,5,7,9-10H2,1H3,(H,17,22)(H,20,21). The third-order valence-electron chi connectivity index (χ3n) is 3.84. The molecule has 1 aliphatic heterocycles. The van der Waals surface area contributed by atoms with E-state index >= 15 is 0 Å². The molecular formula is C16H20N2O5. The van der Waals surface area contributed by atoms with Crippen LogP contribution in [0.15, 0.2) is 24.3 Å². The van der Waals surface area contributed by atoms with Crippen molar-refractivity contribution in [2.45, 2.75) is 25.3 Å². The smallest absolute Gasteiger partial charge is 0.305 e. The van der Waals surface area contributed by atoms with Crippen molar-refractivity contribution in [3.63, 3.8) is 0 Å². The number of likely N-dealkylation sites (tertiary alicyclic amines) is 1. The molecule has 2 amide bonds. The van der Waals surface area contributed by atoms with Gasteiger partial charge in [0.1, 0.15) is 5.75 Å². The SMILES string of the molecule is COc1cccc(C(=O)NCC(=O)N2CCCC2CC(=O)O)c1. The lowest BCUT2D eigenvalue weighted by Gasteiger charge is -2.23. The Kier molecular flexibility index (Phi) is 5.56. The van der Waals surface area contributed by atoms with Crippen molar-refractivity contribution in [1.82, 2.24) is 10.2 Å². The summed E-state index contributed by atoms with van der Waals surface area (Å²) in [5, 5.41) is 11.4. The van der Waals surface area contributed by atoms with E-state index in [0.29, 0.717) is 24.3 Å². The maximum atomic E-state index is 12.2. The fourth-order valence-electron chi connectivity index (χ4n) is 2.70. The average Bonchev–Trinajstić information content (AvgIpc) is 2.99. The number of nitrogens with one attached hydrogen (secondary N) is 1. The number of rotatable bonds is 6. The van der Waals surface area contributed by atoms with Gasteiger partial charge in [0, 0.05) is 18.2 Å². The third-order valence-corrected chi connectivity index (χ3v) is 3.84. The predicted molar refractivity (Wildman–Crippen MR) is 82.3 cm³/mol. The number of carbonyl (C=O) groups excluding carboxylic acids is 2. The molecule has 1 atom stereocenters. The summed E-state index contributed by atoms with van der Waals surface area (Å²) in [7, 11) is 1.51. The molecule has 1 heterocycles. The third kappa shape index (κ3) is 4.45. The van der Waals surface area contributed by atoms with Gasteiger partial charge in [-0.05, 0) is 31.0 Å². The second-order valence-electron chi connectivity index (χ2n) is 5.40. The number of nitrogens with zero attached hydrogens (tertiary/aromatic N) is 1. The van der Waals surface area contributed by atoms with Gasteiger partial charge in [0.2, 0.25) is 5.91 Å². The summed E-state index contributed by atoms with van der Waals surface area (Å²) in [5.41, 5.74) is 0.403. The maximum Gasteiger partial charge on any atom is 0.305 e.